The van der Waals surface area contributed by atoms with Crippen LogP contribution in [0.3, 0.4) is 0 Å². The van der Waals surface area contributed by atoms with Crippen LogP contribution in [0.2, 0.25) is 0 Å². The number of hydrogen-bond donors (Lipinski definition) is 1. The van der Waals surface area contributed by atoms with Gasteiger partial charge in [0.25, 0.3) is 5.56 Å². The minimum Gasteiger partial charge on any atom is -0.310 e. The summed E-state index contributed by atoms with van der Waals surface area (Å²) in [5.74, 6) is 2.36. The number of aromatic nitrogens is 3. The van der Waals surface area contributed by atoms with E-state index in [9.17, 15) is 4.79 Å². The fourth-order valence-corrected chi connectivity index (χ4v) is 2.93. The molecule has 5 heteroatoms. The molecule has 2 aromatic rings. The van der Waals surface area contributed by atoms with E-state index < -0.39 is 0 Å². The van der Waals surface area contributed by atoms with Crippen LogP contribution in [0, 0.1) is 0 Å². The smallest absolute Gasteiger partial charge is 0.255 e. The molecule has 2 aromatic heterocycles. The van der Waals surface area contributed by atoms with Crippen LogP contribution >= 0.6 is 11.8 Å². The highest BCUT2D eigenvalue weighted by Crippen LogP contribution is 2.25. The standard InChI is InChI=1S/C12H11N3OS/c16-12-9-6-17-7-10(9)14-11(15-12)4-8-2-1-3-13-5-8/h1-3,5H,4,6-7H2,(H,14,15,16). The van der Waals surface area contributed by atoms with Crippen LogP contribution in [0.5, 0.6) is 0 Å². The zero-order chi connectivity index (χ0) is 11.7. The molecule has 0 fully saturated rings. The average Bonchev–Trinajstić information content (AvgIpc) is 2.79. The molecule has 4 nitrogen and oxygen atoms in total. The van der Waals surface area contributed by atoms with Gasteiger partial charge in [0.2, 0.25) is 0 Å². The normalized spacial score (nSPS) is 13.6. The van der Waals surface area contributed by atoms with Gasteiger partial charge in [-0.2, -0.15) is 11.8 Å². The molecule has 0 unspecified atom stereocenters. The molecule has 0 amide bonds. The molecule has 0 saturated carbocycles. The van der Waals surface area contributed by atoms with Crippen LogP contribution in [-0.4, -0.2) is 15.0 Å². The first-order valence-corrected chi connectivity index (χ1v) is 6.56. The Labute approximate surface area is 103 Å². The van der Waals surface area contributed by atoms with Gasteiger partial charge in [0.1, 0.15) is 5.82 Å². The molecule has 0 bridgehead atoms. The molecule has 0 aliphatic carbocycles. The fraction of sp³-hybridized carbons (Fsp3) is 0.250. The summed E-state index contributed by atoms with van der Waals surface area (Å²) in [5, 5.41) is 0. The molecule has 17 heavy (non-hydrogen) atoms. The Morgan fingerprint density at radius 1 is 1.41 bits per heavy atom. The Hall–Kier alpha value is -1.62. The molecule has 3 heterocycles. The summed E-state index contributed by atoms with van der Waals surface area (Å²) in [5.41, 5.74) is 2.85. The summed E-state index contributed by atoms with van der Waals surface area (Å²) in [7, 11) is 0. The van der Waals surface area contributed by atoms with Crippen molar-refractivity contribution in [3.63, 3.8) is 0 Å². The number of hydrogen-bond acceptors (Lipinski definition) is 4. The van der Waals surface area contributed by atoms with Crippen molar-refractivity contribution in [3.05, 3.63) is 57.5 Å². The van der Waals surface area contributed by atoms with Gasteiger partial charge in [-0.3, -0.25) is 9.78 Å². The van der Waals surface area contributed by atoms with Crippen molar-refractivity contribution < 1.29 is 0 Å². The van der Waals surface area contributed by atoms with Gasteiger partial charge in [0.15, 0.2) is 0 Å². The maximum atomic E-state index is 11.8. The Kier molecular flexibility index (Phi) is 2.68. The van der Waals surface area contributed by atoms with E-state index in [1.54, 1.807) is 24.2 Å². The van der Waals surface area contributed by atoms with Gasteiger partial charge in [-0.15, -0.1) is 0 Å². The van der Waals surface area contributed by atoms with Crippen molar-refractivity contribution in [3.8, 4) is 0 Å². The summed E-state index contributed by atoms with van der Waals surface area (Å²) in [4.78, 5) is 23.2. The Morgan fingerprint density at radius 2 is 2.35 bits per heavy atom. The first-order valence-electron chi connectivity index (χ1n) is 5.40. The highest BCUT2D eigenvalue weighted by Gasteiger charge is 2.17. The maximum Gasteiger partial charge on any atom is 0.255 e. The highest BCUT2D eigenvalue weighted by molar-refractivity contribution is 7.98. The molecule has 86 valence electrons. The molecule has 0 spiro atoms. The monoisotopic (exact) mass is 245 g/mol. The molecule has 1 aliphatic rings. The summed E-state index contributed by atoms with van der Waals surface area (Å²) >= 11 is 1.74. The van der Waals surface area contributed by atoms with E-state index in [0.29, 0.717) is 6.42 Å². The zero-order valence-electron chi connectivity index (χ0n) is 9.14. The van der Waals surface area contributed by atoms with E-state index in [1.165, 1.54) is 0 Å². The van der Waals surface area contributed by atoms with Gasteiger partial charge in [-0.1, -0.05) is 6.07 Å². The van der Waals surface area contributed by atoms with E-state index in [-0.39, 0.29) is 5.56 Å². The van der Waals surface area contributed by atoms with Crippen molar-refractivity contribution in [1.29, 1.82) is 0 Å². The largest absolute Gasteiger partial charge is 0.310 e. The number of H-pyrrole nitrogens is 1. The third-order valence-corrected chi connectivity index (χ3v) is 3.70. The SMILES string of the molecule is O=c1[nH]c(Cc2cccnc2)nc2c1CSC2. The predicted octanol–water partition coefficient (Wildman–Crippen LogP) is 1.50. The highest BCUT2D eigenvalue weighted by atomic mass is 32.2. The van der Waals surface area contributed by atoms with E-state index in [0.717, 1.165) is 34.2 Å². The molecular weight excluding hydrogens is 234 g/mol. The third-order valence-electron chi connectivity index (χ3n) is 2.73. The third kappa shape index (κ3) is 2.10. The minimum absolute atomic E-state index is 0.0129. The zero-order valence-corrected chi connectivity index (χ0v) is 9.96. The van der Waals surface area contributed by atoms with Crippen LogP contribution in [-0.2, 0) is 17.9 Å². The first kappa shape index (κ1) is 10.5. The van der Waals surface area contributed by atoms with E-state index in [2.05, 4.69) is 15.0 Å². The minimum atomic E-state index is 0.0129. The number of pyridine rings is 1. The number of thioether (sulfide) groups is 1. The molecule has 0 saturated heterocycles. The van der Waals surface area contributed by atoms with Crippen LogP contribution < -0.4 is 5.56 Å². The van der Waals surface area contributed by atoms with Crippen molar-refractivity contribution in [2.45, 2.75) is 17.9 Å². The lowest BCUT2D eigenvalue weighted by Gasteiger charge is -2.03. The lowest BCUT2D eigenvalue weighted by atomic mass is 10.2. The van der Waals surface area contributed by atoms with Gasteiger partial charge < -0.3 is 4.98 Å². The molecule has 0 radical (unpaired) electrons. The quantitative estimate of drug-likeness (QED) is 0.871. The van der Waals surface area contributed by atoms with Crippen LogP contribution in [0.15, 0.2) is 29.3 Å². The van der Waals surface area contributed by atoms with Gasteiger partial charge in [-0.05, 0) is 11.6 Å². The number of nitrogens with zero attached hydrogens (tertiary/aromatic N) is 2. The van der Waals surface area contributed by atoms with Gasteiger partial charge in [0, 0.05) is 35.9 Å². The van der Waals surface area contributed by atoms with Gasteiger partial charge in [-0.25, -0.2) is 4.98 Å². The van der Waals surface area contributed by atoms with Gasteiger partial charge in [0.05, 0.1) is 5.69 Å². The van der Waals surface area contributed by atoms with Crippen LogP contribution in [0.25, 0.3) is 0 Å². The fourth-order valence-electron chi connectivity index (χ4n) is 1.89. The average molecular weight is 245 g/mol. The Morgan fingerprint density at radius 3 is 3.18 bits per heavy atom. The van der Waals surface area contributed by atoms with Crippen molar-refractivity contribution in [2.75, 3.05) is 0 Å². The summed E-state index contributed by atoms with van der Waals surface area (Å²) in [6.07, 6.45) is 4.15. The van der Waals surface area contributed by atoms with Crippen molar-refractivity contribution >= 4 is 11.8 Å². The molecule has 1 N–H and O–H groups in total. The molecule has 0 aromatic carbocycles. The second kappa shape index (κ2) is 4.33. The molecule has 0 atom stereocenters. The Bertz CT molecular complexity index is 594. The number of nitrogens with one attached hydrogen (secondary N) is 1. The number of rotatable bonds is 2. The second-order valence-corrected chi connectivity index (χ2v) is 4.95. The Balaban J connectivity index is 1.95. The lowest BCUT2D eigenvalue weighted by Crippen LogP contribution is -2.17. The van der Waals surface area contributed by atoms with Crippen LogP contribution in [0.1, 0.15) is 22.6 Å². The van der Waals surface area contributed by atoms with E-state index in [4.69, 9.17) is 0 Å². The summed E-state index contributed by atoms with van der Waals surface area (Å²) < 4.78 is 0. The van der Waals surface area contributed by atoms with Crippen LogP contribution in [0.4, 0.5) is 0 Å². The number of aromatic amines is 1. The number of fused-ring (bicyclic) bond motifs is 1. The summed E-state index contributed by atoms with van der Waals surface area (Å²) in [6, 6.07) is 3.87. The van der Waals surface area contributed by atoms with Crippen molar-refractivity contribution in [2.24, 2.45) is 0 Å². The summed E-state index contributed by atoms with van der Waals surface area (Å²) in [6.45, 7) is 0. The van der Waals surface area contributed by atoms with Gasteiger partial charge >= 0.3 is 0 Å². The molecule has 3 rings (SSSR count). The maximum absolute atomic E-state index is 11.8. The van der Waals surface area contributed by atoms with E-state index >= 15 is 0 Å². The predicted molar refractivity (Wildman–Crippen MR) is 66.9 cm³/mol. The first-order chi connectivity index (χ1) is 8.33. The molecular formula is C12H11N3OS. The lowest BCUT2D eigenvalue weighted by molar-refractivity contribution is 0.900. The van der Waals surface area contributed by atoms with Crippen molar-refractivity contribution in [1.82, 2.24) is 15.0 Å². The van der Waals surface area contributed by atoms with E-state index in [1.807, 2.05) is 12.1 Å². The molecule has 1 aliphatic heterocycles. The second-order valence-electron chi connectivity index (χ2n) is 3.97. The topological polar surface area (TPSA) is 58.6 Å².